The minimum Gasteiger partial charge on any atom is -0.468 e. The van der Waals surface area contributed by atoms with Crippen molar-refractivity contribution in [2.24, 2.45) is 11.3 Å². The maximum atomic E-state index is 11.4. The maximum Gasteiger partial charge on any atom is 0.328 e. The van der Waals surface area contributed by atoms with Gasteiger partial charge in [-0.25, -0.2) is 4.79 Å². The van der Waals surface area contributed by atoms with Gasteiger partial charge in [-0.15, -0.1) is 0 Å². The topological polar surface area (TPSA) is 266 Å². The molecule has 0 saturated heterocycles. The van der Waals surface area contributed by atoms with Crippen molar-refractivity contribution in [3.05, 3.63) is 144 Å². The number of hydrogen-bond acceptors (Lipinski definition) is 13. The monoisotopic (exact) mass is 1420 g/mol. The molecule has 0 aliphatic heterocycles. The van der Waals surface area contributed by atoms with Crippen LogP contribution < -0.4 is 26.6 Å². The van der Waals surface area contributed by atoms with Gasteiger partial charge in [-0.1, -0.05) is 277 Å². The van der Waals surface area contributed by atoms with Gasteiger partial charge in [0.05, 0.1) is 20.3 Å². The van der Waals surface area contributed by atoms with E-state index in [1.807, 2.05) is 165 Å². The molecule has 18 nitrogen and oxygen atoms in total. The lowest BCUT2D eigenvalue weighted by Crippen LogP contribution is -2.38. The van der Waals surface area contributed by atoms with E-state index >= 15 is 0 Å². The van der Waals surface area contributed by atoms with Crippen LogP contribution in [0.15, 0.2) is 121 Å². The Labute approximate surface area is 615 Å². The molecule has 1 saturated carbocycles. The van der Waals surface area contributed by atoms with Crippen LogP contribution in [0.1, 0.15) is 281 Å². The van der Waals surface area contributed by atoms with Gasteiger partial charge in [-0.05, 0) is 59.3 Å². The number of methoxy groups -OCH3 is 2. The summed E-state index contributed by atoms with van der Waals surface area (Å²) in [5, 5.41) is 13.4. The van der Waals surface area contributed by atoms with Crippen LogP contribution in [0.5, 0.6) is 0 Å². The Morgan fingerprint density at radius 1 is 0.441 bits per heavy atom. The molecule has 18 heteroatoms. The SMILES string of the molecule is CCC(=O)CC(C)(C)C.CCC(=O)CC(C)(C)c1ccccc1.CCC(=O)CC1CCCCC1.CCC(=O)Cc1ccccc1.CCC(=O)NC(C)C(=O)OC.CCC(=O)NC(C)c1ccccc1.CCC(=O)NCC(=O)OC.CCC(=O)NCc1ccccc1.CCCCCCNC(=O)CC. The molecule has 2 atom stereocenters. The third-order valence-corrected chi connectivity index (χ3v) is 15.5. The molecular formula is C84H135N5O13. The van der Waals surface area contributed by atoms with Gasteiger partial charge in [-0.3, -0.25) is 47.9 Å². The van der Waals surface area contributed by atoms with Gasteiger partial charge in [0.15, 0.2) is 0 Å². The van der Waals surface area contributed by atoms with Crippen LogP contribution >= 0.6 is 0 Å². The average molecular weight is 1420 g/mol. The number of rotatable bonds is 30. The normalized spacial score (nSPS) is 11.6. The zero-order chi connectivity index (χ0) is 78.2. The second kappa shape index (κ2) is 64.9. The quantitative estimate of drug-likeness (QED) is 0.0240. The average Bonchev–Trinajstić information content (AvgIpc) is 0.859. The number of nitrogens with one attached hydrogen (secondary N) is 5. The summed E-state index contributed by atoms with van der Waals surface area (Å²) >= 11 is 0. The Morgan fingerprint density at radius 2 is 0.873 bits per heavy atom. The van der Waals surface area contributed by atoms with Crippen molar-refractivity contribution >= 4 is 64.6 Å². The molecule has 4 aromatic rings. The van der Waals surface area contributed by atoms with Crippen molar-refractivity contribution in [1.29, 1.82) is 0 Å². The Hall–Kier alpha value is -8.15. The van der Waals surface area contributed by atoms with Crippen molar-refractivity contribution < 1.29 is 62.2 Å². The summed E-state index contributed by atoms with van der Waals surface area (Å²) in [6.45, 7) is 34.4. The lowest BCUT2D eigenvalue weighted by Gasteiger charge is -2.24. The fourth-order valence-electron chi connectivity index (χ4n) is 9.07. The standard InChI is InChI=1S/C13H18O.C11H15NO.C10H13NO.C10H18O.C10H12O.C9H19NO.C8H16O.C7H13NO3.C6H11NO3/c1-4-12(14)10-13(2,3)11-8-6-5-7-9-11;1-3-11(13)12-9(2)10-7-5-4-6-8-10;1-2-10(12)11-8-9-6-4-3-5-7-9;2*1-2-10(11)8-9-6-4-3-5-7-9;1-3-5-6-7-8-10-9(11)4-2;1-5-7(9)6-8(2,3)4;1-4-6(9)8-5(2)7(10)11-3;1-3-5(8)7-4-6(9)10-2/h5-9H,4,10H2,1-3H3;4-9H,3H2,1-2H3,(H,12,13);3-7H,2,8H2,1H3,(H,11,12);9H,2-8H2,1H3;3-7H,2,8H2,1H3;3-8H2,1-2H3,(H,10,11);5-6H2,1-4H3;5H,4H2,1-3H3,(H,8,9);3-4H2,1-2H3,(H,7,8). The molecule has 5 rings (SSSR count). The molecule has 0 bridgehead atoms. The Morgan fingerprint density at radius 3 is 1.30 bits per heavy atom. The number of Topliss-reactive ketones (excluding diaryl/α,β-unsaturated/α-hetero) is 4. The van der Waals surface area contributed by atoms with Gasteiger partial charge in [0.25, 0.3) is 0 Å². The van der Waals surface area contributed by atoms with E-state index in [-0.39, 0.29) is 53.0 Å². The molecule has 4 aromatic carbocycles. The minimum absolute atomic E-state index is 0.0334. The summed E-state index contributed by atoms with van der Waals surface area (Å²) in [7, 11) is 2.57. The second-order valence-electron chi connectivity index (χ2n) is 26.4. The zero-order valence-electron chi connectivity index (χ0n) is 66.3. The van der Waals surface area contributed by atoms with Crippen molar-refractivity contribution in [3.8, 4) is 0 Å². The van der Waals surface area contributed by atoms with Crippen LogP contribution in [0.25, 0.3) is 0 Å². The lowest BCUT2D eigenvalue weighted by molar-refractivity contribution is -0.144. The Bertz CT molecular complexity index is 2840. The molecule has 2 unspecified atom stereocenters. The van der Waals surface area contributed by atoms with E-state index in [1.165, 1.54) is 71.1 Å². The highest BCUT2D eigenvalue weighted by molar-refractivity contribution is 5.84. The van der Waals surface area contributed by atoms with E-state index in [9.17, 15) is 52.7 Å². The molecule has 0 heterocycles. The fraction of sp³-hybridized carbons (Fsp3) is 0.583. The van der Waals surface area contributed by atoms with Crippen LogP contribution in [0.3, 0.4) is 0 Å². The van der Waals surface area contributed by atoms with E-state index in [2.05, 4.69) is 89.7 Å². The third-order valence-electron chi connectivity index (χ3n) is 15.5. The number of hydrogen-bond donors (Lipinski definition) is 5. The van der Waals surface area contributed by atoms with Gasteiger partial charge in [0, 0.05) is 96.6 Å². The molecule has 574 valence electrons. The molecule has 0 aromatic heterocycles. The minimum atomic E-state index is -0.549. The molecule has 5 N–H and O–H groups in total. The molecule has 1 aliphatic rings. The summed E-state index contributed by atoms with van der Waals surface area (Å²) in [5.74, 6) is 1.39. The number of ketones is 4. The third kappa shape index (κ3) is 61.7. The molecule has 102 heavy (non-hydrogen) atoms. The van der Waals surface area contributed by atoms with Gasteiger partial charge in [0.2, 0.25) is 29.5 Å². The number of carbonyl (C=O) groups is 11. The number of ether oxygens (including phenoxy) is 2. The first-order chi connectivity index (χ1) is 48.4. The van der Waals surface area contributed by atoms with Crippen molar-refractivity contribution in [2.75, 3.05) is 27.3 Å². The highest BCUT2D eigenvalue weighted by Gasteiger charge is 2.23. The predicted molar refractivity (Wildman–Crippen MR) is 415 cm³/mol. The largest absolute Gasteiger partial charge is 0.468 e. The number of amides is 5. The fourth-order valence-corrected chi connectivity index (χ4v) is 9.07. The molecule has 0 radical (unpaired) electrons. The summed E-state index contributed by atoms with van der Waals surface area (Å²) < 4.78 is 8.70. The summed E-state index contributed by atoms with van der Waals surface area (Å²) in [6.07, 6.45) is 19.5. The van der Waals surface area contributed by atoms with E-state index in [0.29, 0.717) is 100 Å². The van der Waals surface area contributed by atoms with E-state index < -0.39 is 18.0 Å². The number of esters is 2. The summed E-state index contributed by atoms with van der Waals surface area (Å²) in [5.41, 5.74) is 4.77. The van der Waals surface area contributed by atoms with E-state index in [4.69, 9.17) is 0 Å². The number of benzene rings is 4. The predicted octanol–water partition coefficient (Wildman–Crippen LogP) is 16.7. The molecule has 0 spiro atoms. The van der Waals surface area contributed by atoms with Crippen molar-refractivity contribution in [2.45, 2.75) is 283 Å². The highest BCUT2D eigenvalue weighted by atomic mass is 16.5. The van der Waals surface area contributed by atoms with Crippen molar-refractivity contribution in [1.82, 2.24) is 26.6 Å². The van der Waals surface area contributed by atoms with Crippen LogP contribution in [0.2, 0.25) is 0 Å². The first kappa shape index (κ1) is 100. The Kier molecular flexibility index (Phi) is 63.8. The van der Waals surface area contributed by atoms with Crippen LogP contribution in [0.4, 0.5) is 0 Å². The molecular weight excluding hydrogens is 1290 g/mol. The van der Waals surface area contributed by atoms with E-state index in [1.54, 1.807) is 20.8 Å². The smallest absolute Gasteiger partial charge is 0.328 e. The Balaban J connectivity index is -0.000000531. The maximum absolute atomic E-state index is 11.4. The zero-order valence-corrected chi connectivity index (χ0v) is 66.3. The van der Waals surface area contributed by atoms with Crippen LogP contribution in [-0.2, 0) is 80.6 Å². The van der Waals surface area contributed by atoms with E-state index in [0.717, 1.165) is 48.4 Å². The van der Waals surface area contributed by atoms with Crippen LogP contribution in [-0.4, -0.2) is 98.0 Å². The van der Waals surface area contributed by atoms with Gasteiger partial charge >= 0.3 is 11.9 Å². The van der Waals surface area contributed by atoms with Gasteiger partial charge in [0.1, 0.15) is 35.7 Å². The van der Waals surface area contributed by atoms with Crippen LogP contribution in [0, 0.1) is 11.3 Å². The van der Waals surface area contributed by atoms with Crippen molar-refractivity contribution in [3.63, 3.8) is 0 Å². The summed E-state index contributed by atoms with van der Waals surface area (Å²) in [6, 6.07) is 39.4. The van der Waals surface area contributed by atoms with Gasteiger partial charge < -0.3 is 36.1 Å². The lowest BCUT2D eigenvalue weighted by atomic mass is 9.80. The molecule has 5 amide bonds. The molecule has 1 aliphatic carbocycles. The number of unbranched alkanes of at least 4 members (excludes halogenated alkanes) is 3. The summed E-state index contributed by atoms with van der Waals surface area (Å²) in [4.78, 5) is 119. The second-order valence-corrected chi connectivity index (χ2v) is 26.4. The highest BCUT2D eigenvalue weighted by Crippen LogP contribution is 2.28. The number of carbonyl (C=O) groups excluding carboxylic acids is 11. The molecule has 1 fully saturated rings. The van der Waals surface area contributed by atoms with Gasteiger partial charge in [-0.2, -0.15) is 0 Å². The first-order valence-electron chi connectivity index (χ1n) is 37.1. The first-order valence-corrected chi connectivity index (χ1v) is 37.1.